The summed E-state index contributed by atoms with van der Waals surface area (Å²) in [6.45, 7) is 4.50. The van der Waals surface area contributed by atoms with Crippen LogP contribution in [0.15, 0.2) is 54.9 Å². The highest BCUT2D eigenvalue weighted by Gasteiger charge is 2.09. The van der Waals surface area contributed by atoms with E-state index in [1.165, 1.54) is 11.8 Å². The standard InChI is InChI=1S/C20H19ClN4O/c1-13-4-3-5-17(14(13)2)25-19-12-22-18(11-23-19)20(26)24-10-15-6-8-16(21)9-7-15/h3-9,11-12H,10H2,1-2H3,(H,23,25)(H,24,26). The minimum atomic E-state index is -0.272. The third kappa shape index (κ3) is 4.37. The quantitative estimate of drug-likeness (QED) is 0.701. The highest BCUT2D eigenvalue weighted by molar-refractivity contribution is 6.30. The van der Waals surface area contributed by atoms with Crippen molar-refractivity contribution >= 4 is 29.0 Å². The van der Waals surface area contributed by atoms with Gasteiger partial charge in [0.05, 0.1) is 12.4 Å². The van der Waals surface area contributed by atoms with Gasteiger partial charge in [-0.3, -0.25) is 4.79 Å². The third-order valence-electron chi connectivity index (χ3n) is 4.12. The van der Waals surface area contributed by atoms with E-state index in [1.54, 1.807) is 18.3 Å². The molecule has 0 aliphatic rings. The lowest BCUT2D eigenvalue weighted by Crippen LogP contribution is -2.24. The molecule has 132 valence electrons. The topological polar surface area (TPSA) is 66.9 Å². The second kappa shape index (κ2) is 7.97. The van der Waals surface area contributed by atoms with Crippen molar-refractivity contribution in [2.75, 3.05) is 5.32 Å². The minimum absolute atomic E-state index is 0.269. The van der Waals surface area contributed by atoms with Gasteiger partial charge < -0.3 is 10.6 Å². The van der Waals surface area contributed by atoms with Crippen molar-refractivity contribution in [1.29, 1.82) is 0 Å². The summed E-state index contributed by atoms with van der Waals surface area (Å²) in [4.78, 5) is 20.7. The number of amides is 1. The molecule has 0 bridgehead atoms. The van der Waals surface area contributed by atoms with E-state index in [0.29, 0.717) is 17.4 Å². The molecule has 2 N–H and O–H groups in total. The summed E-state index contributed by atoms with van der Waals surface area (Å²) in [5.74, 6) is 0.318. The molecule has 0 fully saturated rings. The fourth-order valence-electron chi connectivity index (χ4n) is 2.41. The summed E-state index contributed by atoms with van der Waals surface area (Å²) in [5.41, 5.74) is 4.55. The van der Waals surface area contributed by atoms with Crippen LogP contribution < -0.4 is 10.6 Å². The van der Waals surface area contributed by atoms with Crippen molar-refractivity contribution < 1.29 is 4.79 Å². The number of carbonyl (C=O) groups excluding carboxylic acids is 1. The summed E-state index contributed by atoms with van der Waals surface area (Å²) in [7, 11) is 0. The van der Waals surface area contributed by atoms with Crippen molar-refractivity contribution in [2.45, 2.75) is 20.4 Å². The van der Waals surface area contributed by atoms with Gasteiger partial charge in [-0.15, -0.1) is 0 Å². The number of hydrogen-bond donors (Lipinski definition) is 2. The Labute approximate surface area is 157 Å². The number of halogens is 1. The smallest absolute Gasteiger partial charge is 0.271 e. The fraction of sp³-hybridized carbons (Fsp3) is 0.150. The Balaban J connectivity index is 1.62. The van der Waals surface area contributed by atoms with E-state index >= 15 is 0 Å². The molecule has 26 heavy (non-hydrogen) atoms. The average Bonchev–Trinajstić information content (AvgIpc) is 2.65. The lowest BCUT2D eigenvalue weighted by atomic mass is 10.1. The van der Waals surface area contributed by atoms with Crippen LogP contribution in [0, 0.1) is 13.8 Å². The molecule has 3 aromatic rings. The summed E-state index contributed by atoms with van der Waals surface area (Å²) >= 11 is 5.85. The van der Waals surface area contributed by atoms with Gasteiger partial charge in [0.15, 0.2) is 0 Å². The maximum atomic E-state index is 12.2. The summed E-state index contributed by atoms with van der Waals surface area (Å²) in [6.07, 6.45) is 3.02. The zero-order chi connectivity index (χ0) is 18.5. The van der Waals surface area contributed by atoms with Crippen LogP contribution in [-0.2, 0) is 6.54 Å². The molecule has 0 aliphatic carbocycles. The van der Waals surface area contributed by atoms with E-state index in [9.17, 15) is 4.79 Å². The largest absolute Gasteiger partial charge is 0.347 e. The molecule has 1 amide bonds. The van der Waals surface area contributed by atoms with Gasteiger partial charge in [-0.1, -0.05) is 35.9 Å². The summed E-state index contributed by atoms with van der Waals surface area (Å²) in [6, 6.07) is 13.3. The first-order valence-corrected chi connectivity index (χ1v) is 8.58. The minimum Gasteiger partial charge on any atom is -0.347 e. The van der Waals surface area contributed by atoms with Crippen LogP contribution in [0.2, 0.25) is 5.02 Å². The number of benzene rings is 2. The van der Waals surface area contributed by atoms with Crippen molar-refractivity contribution in [2.24, 2.45) is 0 Å². The highest BCUT2D eigenvalue weighted by atomic mass is 35.5. The molecule has 3 rings (SSSR count). The normalized spacial score (nSPS) is 10.4. The first-order valence-electron chi connectivity index (χ1n) is 8.21. The zero-order valence-electron chi connectivity index (χ0n) is 14.6. The van der Waals surface area contributed by atoms with Gasteiger partial charge >= 0.3 is 0 Å². The highest BCUT2D eigenvalue weighted by Crippen LogP contribution is 2.21. The Hall–Kier alpha value is -2.92. The van der Waals surface area contributed by atoms with E-state index in [-0.39, 0.29) is 11.6 Å². The van der Waals surface area contributed by atoms with E-state index in [1.807, 2.05) is 31.2 Å². The van der Waals surface area contributed by atoms with Gasteiger partial charge in [-0.05, 0) is 48.7 Å². The van der Waals surface area contributed by atoms with Gasteiger partial charge in [0.25, 0.3) is 5.91 Å². The Morgan fingerprint density at radius 2 is 1.81 bits per heavy atom. The number of aryl methyl sites for hydroxylation is 1. The molecule has 0 unspecified atom stereocenters. The van der Waals surface area contributed by atoms with Crippen molar-refractivity contribution in [3.8, 4) is 0 Å². The van der Waals surface area contributed by atoms with E-state index in [0.717, 1.165) is 16.8 Å². The van der Waals surface area contributed by atoms with Crippen LogP contribution in [0.4, 0.5) is 11.5 Å². The molecular weight excluding hydrogens is 348 g/mol. The van der Waals surface area contributed by atoms with E-state index in [4.69, 9.17) is 11.6 Å². The number of anilines is 2. The molecule has 1 aromatic heterocycles. The first kappa shape index (κ1) is 17.9. The number of nitrogens with zero attached hydrogens (tertiary/aromatic N) is 2. The molecule has 0 aliphatic heterocycles. The van der Waals surface area contributed by atoms with Gasteiger partial charge in [-0.2, -0.15) is 0 Å². The van der Waals surface area contributed by atoms with Crippen LogP contribution in [0.5, 0.6) is 0 Å². The SMILES string of the molecule is Cc1cccc(Nc2cnc(C(=O)NCc3ccc(Cl)cc3)cn2)c1C. The maximum Gasteiger partial charge on any atom is 0.271 e. The zero-order valence-corrected chi connectivity index (χ0v) is 15.3. The fourth-order valence-corrected chi connectivity index (χ4v) is 2.54. The molecular formula is C20H19ClN4O. The molecule has 0 saturated carbocycles. The van der Waals surface area contributed by atoms with E-state index in [2.05, 4.69) is 33.6 Å². The Morgan fingerprint density at radius 1 is 1.04 bits per heavy atom. The molecule has 0 atom stereocenters. The number of hydrogen-bond acceptors (Lipinski definition) is 4. The van der Waals surface area contributed by atoms with Crippen LogP contribution >= 0.6 is 11.6 Å². The van der Waals surface area contributed by atoms with Gasteiger partial charge in [0.2, 0.25) is 0 Å². The van der Waals surface area contributed by atoms with Crippen molar-refractivity contribution in [3.63, 3.8) is 0 Å². The molecule has 1 heterocycles. The third-order valence-corrected chi connectivity index (χ3v) is 4.37. The maximum absolute atomic E-state index is 12.2. The molecule has 5 nitrogen and oxygen atoms in total. The number of carbonyl (C=O) groups is 1. The predicted molar refractivity (Wildman–Crippen MR) is 104 cm³/mol. The Kier molecular flexibility index (Phi) is 5.49. The first-order chi connectivity index (χ1) is 12.5. The van der Waals surface area contributed by atoms with Gasteiger partial charge in [0, 0.05) is 17.3 Å². The van der Waals surface area contributed by atoms with E-state index < -0.39 is 0 Å². The van der Waals surface area contributed by atoms with Crippen LogP contribution in [0.25, 0.3) is 0 Å². The van der Waals surface area contributed by atoms with Crippen LogP contribution in [0.3, 0.4) is 0 Å². The van der Waals surface area contributed by atoms with Gasteiger partial charge in [0.1, 0.15) is 11.5 Å². The summed E-state index contributed by atoms with van der Waals surface area (Å²) in [5, 5.41) is 6.70. The molecule has 0 radical (unpaired) electrons. The summed E-state index contributed by atoms with van der Waals surface area (Å²) < 4.78 is 0. The Bertz CT molecular complexity index is 908. The molecule has 6 heteroatoms. The van der Waals surface area contributed by atoms with Crippen LogP contribution in [0.1, 0.15) is 27.2 Å². The lowest BCUT2D eigenvalue weighted by Gasteiger charge is -2.11. The predicted octanol–water partition coefficient (Wildman–Crippen LogP) is 4.42. The molecule has 2 aromatic carbocycles. The number of aromatic nitrogens is 2. The van der Waals surface area contributed by atoms with Gasteiger partial charge in [-0.25, -0.2) is 9.97 Å². The second-order valence-corrected chi connectivity index (χ2v) is 6.40. The number of nitrogens with one attached hydrogen (secondary N) is 2. The lowest BCUT2D eigenvalue weighted by molar-refractivity contribution is 0.0945. The van der Waals surface area contributed by atoms with Crippen molar-refractivity contribution in [1.82, 2.24) is 15.3 Å². The Morgan fingerprint density at radius 3 is 2.50 bits per heavy atom. The van der Waals surface area contributed by atoms with Crippen LogP contribution in [-0.4, -0.2) is 15.9 Å². The van der Waals surface area contributed by atoms with Crippen molar-refractivity contribution in [3.05, 3.63) is 82.3 Å². The monoisotopic (exact) mass is 366 g/mol. The average molecular weight is 367 g/mol. The second-order valence-electron chi connectivity index (χ2n) is 5.97. The number of rotatable bonds is 5. The molecule has 0 saturated heterocycles. The molecule has 0 spiro atoms.